The lowest BCUT2D eigenvalue weighted by molar-refractivity contribution is 0.622. The standard InChI is InChI=1S/C12H7BrFN3/c13-10-2-1-3-17-7-11(16-12(10)17)8-4-9(14)6-15-5-8/h1-7H. The molecule has 0 amide bonds. The van der Waals surface area contributed by atoms with Crippen LogP contribution in [0.25, 0.3) is 16.9 Å². The third-order valence-electron chi connectivity index (χ3n) is 2.44. The molecule has 0 aliphatic carbocycles. The van der Waals surface area contributed by atoms with Crippen LogP contribution in [0, 0.1) is 5.82 Å². The highest BCUT2D eigenvalue weighted by atomic mass is 79.9. The topological polar surface area (TPSA) is 30.2 Å². The fourth-order valence-electron chi connectivity index (χ4n) is 1.67. The van der Waals surface area contributed by atoms with E-state index in [9.17, 15) is 4.39 Å². The second kappa shape index (κ2) is 3.92. The summed E-state index contributed by atoms with van der Waals surface area (Å²) in [6.45, 7) is 0. The molecular formula is C12H7BrFN3. The number of nitrogens with zero attached hydrogens (tertiary/aromatic N) is 3. The minimum atomic E-state index is -0.362. The fourth-order valence-corrected chi connectivity index (χ4v) is 2.12. The number of fused-ring (bicyclic) bond motifs is 1. The Balaban J connectivity index is 2.22. The van der Waals surface area contributed by atoms with Gasteiger partial charge in [0, 0.05) is 24.2 Å². The van der Waals surface area contributed by atoms with Crippen molar-refractivity contribution in [3.8, 4) is 11.3 Å². The van der Waals surface area contributed by atoms with Crippen LogP contribution >= 0.6 is 15.9 Å². The van der Waals surface area contributed by atoms with Gasteiger partial charge in [0.1, 0.15) is 5.82 Å². The number of hydrogen-bond donors (Lipinski definition) is 0. The van der Waals surface area contributed by atoms with Crippen molar-refractivity contribution >= 4 is 21.6 Å². The van der Waals surface area contributed by atoms with Gasteiger partial charge in [-0.05, 0) is 34.1 Å². The Morgan fingerprint density at radius 2 is 2.18 bits per heavy atom. The number of hydrogen-bond acceptors (Lipinski definition) is 2. The van der Waals surface area contributed by atoms with Crippen LogP contribution in [0.4, 0.5) is 4.39 Å². The van der Waals surface area contributed by atoms with E-state index in [1.807, 2.05) is 28.9 Å². The van der Waals surface area contributed by atoms with E-state index >= 15 is 0 Å². The zero-order chi connectivity index (χ0) is 11.8. The van der Waals surface area contributed by atoms with Gasteiger partial charge in [-0.1, -0.05) is 0 Å². The molecule has 5 heteroatoms. The Morgan fingerprint density at radius 3 is 2.94 bits per heavy atom. The first kappa shape index (κ1) is 10.4. The number of pyridine rings is 2. The van der Waals surface area contributed by atoms with Crippen molar-refractivity contribution < 1.29 is 4.39 Å². The summed E-state index contributed by atoms with van der Waals surface area (Å²) in [5, 5.41) is 0. The van der Waals surface area contributed by atoms with E-state index in [0.29, 0.717) is 11.3 Å². The molecule has 0 aliphatic heterocycles. The summed E-state index contributed by atoms with van der Waals surface area (Å²) in [4.78, 5) is 8.25. The molecule has 3 aromatic rings. The predicted octanol–water partition coefficient (Wildman–Crippen LogP) is 3.30. The van der Waals surface area contributed by atoms with Crippen LogP contribution in [0.15, 0.2) is 47.5 Å². The molecule has 0 N–H and O–H groups in total. The van der Waals surface area contributed by atoms with Gasteiger partial charge in [-0.25, -0.2) is 9.37 Å². The lowest BCUT2D eigenvalue weighted by atomic mass is 10.2. The SMILES string of the molecule is Fc1cncc(-c2cn3cccc(Br)c3n2)c1. The summed E-state index contributed by atoms with van der Waals surface area (Å²) in [7, 11) is 0. The third kappa shape index (κ3) is 1.82. The van der Waals surface area contributed by atoms with Crippen LogP contribution < -0.4 is 0 Å². The zero-order valence-corrected chi connectivity index (χ0v) is 10.2. The molecule has 3 nitrogen and oxygen atoms in total. The molecule has 0 fully saturated rings. The van der Waals surface area contributed by atoms with Gasteiger partial charge in [-0.3, -0.25) is 4.98 Å². The average Bonchev–Trinajstić information content (AvgIpc) is 2.74. The molecule has 3 aromatic heterocycles. The first-order valence-corrected chi connectivity index (χ1v) is 5.77. The molecule has 0 saturated heterocycles. The molecule has 84 valence electrons. The van der Waals surface area contributed by atoms with Crippen LogP contribution in [-0.2, 0) is 0 Å². The Kier molecular flexibility index (Phi) is 2.40. The lowest BCUT2D eigenvalue weighted by Crippen LogP contribution is -1.82. The summed E-state index contributed by atoms with van der Waals surface area (Å²) in [5.41, 5.74) is 2.16. The quantitative estimate of drug-likeness (QED) is 0.689. The molecule has 17 heavy (non-hydrogen) atoms. The van der Waals surface area contributed by atoms with Crippen molar-refractivity contribution in [3.05, 3.63) is 53.3 Å². The molecule has 0 unspecified atom stereocenters. The van der Waals surface area contributed by atoms with Gasteiger partial charge in [0.25, 0.3) is 0 Å². The Hall–Kier alpha value is -1.75. The van der Waals surface area contributed by atoms with Gasteiger partial charge in [-0.15, -0.1) is 0 Å². The normalized spacial score (nSPS) is 10.9. The van der Waals surface area contributed by atoms with Gasteiger partial charge in [0.15, 0.2) is 5.65 Å². The van der Waals surface area contributed by atoms with E-state index in [4.69, 9.17) is 0 Å². The molecular weight excluding hydrogens is 285 g/mol. The molecule has 0 aliphatic rings. The van der Waals surface area contributed by atoms with Crippen molar-refractivity contribution in [2.24, 2.45) is 0 Å². The molecule has 3 rings (SSSR count). The minimum Gasteiger partial charge on any atom is -0.306 e. The Bertz CT molecular complexity index is 693. The van der Waals surface area contributed by atoms with Crippen molar-refractivity contribution in [2.75, 3.05) is 0 Å². The van der Waals surface area contributed by atoms with E-state index < -0.39 is 0 Å². The van der Waals surface area contributed by atoms with Gasteiger partial charge < -0.3 is 4.40 Å². The number of halogens is 2. The summed E-state index contributed by atoms with van der Waals surface area (Å²) >= 11 is 3.42. The minimum absolute atomic E-state index is 0.362. The second-order valence-electron chi connectivity index (χ2n) is 3.60. The summed E-state index contributed by atoms with van der Waals surface area (Å²) in [6, 6.07) is 5.24. The largest absolute Gasteiger partial charge is 0.306 e. The Labute approximate surface area is 105 Å². The smallest absolute Gasteiger partial charge is 0.151 e. The molecule has 3 heterocycles. The van der Waals surface area contributed by atoms with Gasteiger partial charge in [0.05, 0.1) is 16.4 Å². The molecule has 0 spiro atoms. The summed E-state index contributed by atoms with van der Waals surface area (Å²) in [6.07, 6.45) is 6.51. The van der Waals surface area contributed by atoms with Crippen LogP contribution in [0.5, 0.6) is 0 Å². The molecule has 0 saturated carbocycles. The maximum atomic E-state index is 13.1. The number of imidazole rings is 1. The van der Waals surface area contributed by atoms with Gasteiger partial charge in [-0.2, -0.15) is 0 Å². The van der Waals surface area contributed by atoms with E-state index in [0.717, 1.165) is 10.1 Å². The van der Waals surface area contributed by atoms with E-state index in [1.54, 1.807) is 6.20 Å². The van der Waals surface area contributed by atoms with E-state index in [2.05, 4.69) is 25.9 Å². The summed E-state index contributed by atoms with van der Waals surface area (Å²) in [5.74, 6) is -0.362. The number of rotatable bonds is 1. The monoisotopic (exact) mass is 291 g/mol. The lowest BCUT2D eigenvalue weighted by Gasteiger charge is -1.94. The maximum absolute atomic E-state index is 13.1. The van der Waals surface area contributed by atoms with Crippen molar-refractivity contribution in [1.82, 2.24) is 14.4 Å². The van der Waals surface area contributed by atoms with Crippen LogP contribution in [0.1, 0.15) is 0 Å². The van der Waals surface area contributed by atoms with Gasteiger partial charge >= 0.3 is 0 Å². The zero-order valence-electron chi connectivity index (χ0n) is 8.64. The summed E-state index contributed by atoms with van der Waals surface area (Å²) < 4.78 is 15.9. The van der Waals surface area contributed by atoms with Crippen LogP contribution in [0.3, 0.4) is 0 Å². The average molecular weight is 292 g/mol. The van der Waals surface area contributed by atoms with Crippen molar-refractivity contribution in [2.45, 2.75) is 0 Å². The van der Waals surface area contributed by atoms with Crippen molar-refractivity contribution in [1.29, 1.82) is 0 Å². The fraction of sp³-hybridized carbons (Fsp3) is 0. The first-order chi connectivity index (χ1) is 8.24. The highest BCUT2D eigenvalue weighted by Gasteiger charge is 2.07. The second-order valence-corrected chi connectivity index (χ2v) is 4.46. The first-order valence-electron chi connectivity index (χ1n) is 4.98. The number of aromatic nitrogens is 3. The van der Waals surface area contributed by atoms with Crippen LogP contribution in [0.2, 0.25) is 0 Å². The van der Waals surface area contributed by atoms with E-state index in [-0.39, 0.29) is 5.82 Å². The third-order valence-corrected chi connectivity index (χ3v) is 3.05. The molecule has 0 radical (unpaired) electrons. The van der Waals surface area contributed by atoms with Gasteiger partial charge in [0.2, 0.25) is 0 Å². The molecule has 0 aromatic carbocycles. The highest BCUT2D eigenvalue weighted by Crippen LogP contribution is 2.22. The molecule has 0 bridgehead atoms. The van der Waals surface area contributed by atoms with Crippen molar-refractivity contribution in [3.63, 3.8) is 0 Å². The molecule has 0 atom stereocenters. The predicted molar refractivity (Wildman–Crippen MR) is 66.1 cm³/mol. The van der Waals surface area contributed by atoms with E-state index in [1.165, 1.54) is 12.3 Å². The van der Waals surface area contributed by atoms with Crippen LogP contribution in [-0.4, -0.2) is 14.4 Å². The maximum Gasteiger partial charge on any atom is 0.151 e. The highest BCUT2D eigenvalue weighted by molar-refractivity contribution is 9.10. The Morgan fingerprint density at radius 1 is 1.29 bits per heavy atom.